The van der Waals surface area contributed by atoms with Crippen LogP contribution in [0.2, 0.25) is 0 Å². The Hall–Kier alpha value is -2.30. The number of benzene rings is 1. The Morgan fingerprint density at radius 2 is 1.89 bits per heavy atom. The SMILES string of the molecule is CCN(CC)C(=O)[C@@H](C)C1CC[C@@]2(C)Cc3sc(NC(=O)CS(=O)(=O)c4ccccc4)nc3[C@@H](C)[C@@H]2[C@H]1O. The third-order valence-corrected chi connectivity index (χ3v) is 11.3. The number of thiazole rings is 1. The molecule has 2 aliphatic rings. The van der Waals surface area contributed by atoms with Crippen molar-refractivity contribution in [3.8, 4) is 0 Å². The van der Waals surface area contributed by atoms with Crippen molar-refractivity contribution in [2.75, 3.05) is 24.2 Å². The summed E-state index contributed by atoms with van der Waals surface area (Å²) in [5, 5.41) is 14.7. The smallest absolute Gasteiger partial charge is 0.241 e. The van der Waals surface area contributed by atoms with Crippen molar-refractivity contribution in [2.24, 2.45) is 23.2 Å². The first kappa shape index (κ1) is 28.7. The van der Waals surface area contributed by atoms with Crippen molar-refractivity contribution in [3.63, 3.8) is 0 Å². The Kier molecular flexibility index (Phi) is 8.35. The minimum Gasteiger partial charge on any atom is -0.392 e. The van der Waals surface area contributed by atoms with Crippen LogP contribution in [0.3, 0.4) is 0 Å². The van der Waals surface area contributed by atoms with E-state index in [4.69, 9.17) is 4.98 Å². The van der Waals surface area contributed by atoms with Gasteiger partial charge in [-0.05, 0) is 62.5 Å². The van der Waals surface area contributed by atoms with Gasteiger partial charge < -0.3 is 15.3 Å². The number of rotatable bonds is 8. The van der Waals surface area contributed by atoms with Crippen molar-refractivity contribution >= 4 is 38.1 Å². The molecule has 38 heavy (non-hydrogen) atoms. The van der Waals surface area contributed by atoms with E-state index in [1.54, 1.807) is 18.2 Å². The van der Waals surface area contributed by atoms with Crippen LogP contribution in [0.4, 0.5) is 5.13 Å². The molecule has 2 amide bonds. The molecule has 6 atom stereocenters. The lowest BCUT2D eigenvalue weighted by Crippen LogP contribution is -2.53. The zero-order chi connectivity index (χ0) is 27.8. The summed E-state index contributed by atoms with van der Waals surface area (Å²) >= 11 is 1.39. The third kappa shape index (κ3) is 5.40. The normalized spacial score (nSPS) is 27.6. The second kappa shape index (κ2) is 11.1. The Labute approximate surface area is 229 Å². The molecule has 1 unspecified atom stereocenters. The number of fused-ring (bicyclic) bond motifs is 2. The molecule has 4 rings (SSSR count). The van der Waals surface area contributed by atoms with E-state index in [-0.39, 0.29) is 39.9 Å². The van der Waals surface area contributed by atoms with Crippen molar-refractivity contribution in [2.45, 2.75) is 70.8 Å². The number of nitrogens with zero attached hydrogens (tertiary/aromatic N) is 2. The fourth-order valence-corrected chi connectivity index (χ4v) is 9.08. The summed E-state index contributed by atoms with van der Waals surface area (Å²) in [5.41, 5.74) is 0.700. The highest BCUT2D eigenvalue weighted by atomic mass is 32.2. The van der Waals surface area contributed by atoms with Crippen LogP contribution in [0, 0.1) is 23.2 Å². The molecule has 2 N–H and O–H groups in total. The summed E-state index contributed by atoms with van der Waals surface area (Å²) in [4.78, 5) is 33.4. The molecule has 1 heterocycles. The lowest BCUT2D eigenvalue weighted by molar-refractivity contribution is -0.144. The molecular formula is C28H39N3O5S2. The first-order chi connectivity index (χ1) is 17.9. The van der Waals surface area contributed by atoms with E-state index in [1.165, 1.54) is 23.5 Å². The molecule has 1 fully saturated rings. The molecule has 0 radical (unpaired) electrons. The van der Waals surface area contributed by atoms with Crippen LogP contribution in [-0.4, -0.2) is 60.2 Å². The molecule has 0 spiro atoms. The quantitative estimate of drug-likeness (QED) is 0.501. The van der Waals surface area contributed by atoms with Crippen LogP contribution in [0.5, 0.6) is 0 Å². The molecule has 10 heteroatoms. The molecule has 1 saturated carbocycles. The molecule has 0 saturated heterocycles. The van der Waals surface area contributed by atoms with Gasteiger partial charge in [-0.15, -0.1) is 11.3 Å². The molecule has 1 aromatic carbocycles. The summed E-state index contributed by atoms with van der Waals surface area (Å²) in [6, 6.07) is 7.93. The molecule has 0 aliphatic heterocycles. The van der Waals surface area contributed by atoms with Gasteiger partial charge in [0, 0.05) is 29.8 Å². The summed E-state index contributed by atoms with van der Waals surface area (Å²) < 4.78 is 25.2. The standard InChI is InChI=1S/C28H39N3O5S2/c1-6-31(7-2)26(34)17(3)20-13-14-28(5)15-21-24(18(4)23(28)25(20)33)30-27(37-21)29-22(32)16-38(35,36)19-11-9-8-10-12-19/h8-12,17-18,20,23,25,33H,6-7,13-16H2,1-5H3,(H,29,30,32)/t17-,18-,20?,23+,25-,28-/m0/s1. The molecule has 0 bridgehead atoms. The number of anilines is 1. The summed E-state index contributed by atoms with van der Waals surface area (Å²) in [7, 11) is -3.76. The number of carbonyl (C=O) groups is 2. The molecule has 1 aromatic heterocycles. The number of amides is 2. The number of hydrogen-bond donors (Lipinski definition) is 2. The highest BCUT2D eigenvalue weighted by Crippen LogP contribution is 2.57. The van der Waals surface area contributed by atoms with Crippen LogP contribution in [-0.2, 0) is 25.8 Å². The fourth-order valence-electron chi connectivity index (χ4n) is 6.65. The van der Waals surface area contributed by atoms with Crippen LogP contribution in [0.15, 0.2) is 35.2 Å². The minimum atomic E-state index is -3.76. The topological polar surface area (TPSA) is 117 Å². The first-order valence-corrected chi connectivity index (χ1v) is 15.9. The van der Waals surface area contributed by atoms with Crippen LogP contribution >= 0.6 is 11.3 Å². The van der Waals surface area contributed by atoms with Crippen LogP contribution in [0.25, 0.3) is 0 Å². The Morgan fingerprint density at radius 3 is 2.53 bits per heavy atom. The van der Waals surface area contributed by atoms with Crippen molar-refractivity contribution in [1.29, 1.82) is 0 Å². The van der Waals surface area contributed by atoms with Crippen molar-refractivity contribution < 1.29 is 23.1 Å². The van der Waals surface area contributed by atoms with E-state index in [9.17, 15) is 23.1 Å². The van der Waals surface area contributed by atoms with Gasteiger partial charge in [-0.25, -0.2) is 13.4 Å². The second-order valence-corrected chi connectivity index (χ2v) is 14.2. The fraction of sp³-hybridized carbons (Fsp3) is 0.607. The molecule has 8 nitrogen and oxygen atoms in total. The van der Waals surface area contributed by atoms with Gasteiger partial charge in [0.2, 0.25) is 11.8 Å². The van der Waals surface area contributed by atoms with Gasteiger partial charge in [0.15, 0.2) is 15.0 Å². The first-order valence-electron chi connectivity index (χ1n) is 13.5. The highest BCUT2D eigenvalue weighted by Gasteiger charge is 2.54. The molecule has 208 valence electrons. The van der Waals surface area contributed by atoms with Gasteiger partial charge in [0.25, 0.3) is 0 Å². The minimum absolute atomic E-state index is 0.0627. The largest absolute Gasteiger partial charge is 0.392 e. The predicted molar refractivity (Wildman–Crippen MR) is 149 cm³/mol. The van der Waals surface area contributed by atoms with Gasteiger partial charge in [0.05, 0.1) is 16.7 Å². The zero-order valence-electron chi connectivity index (χ0n) is 22.8. The summed E-state index contributed by atoms with van der Waals surface area (Å²) in [6.45, 7) is 11.5. The van der Waals surface area contributed by atoms with Gasteiger partial charge in [-0.3, -0.25) is 9.59 Å². The van der Waals surface area contributed by atoms with Gasteiger partial charge in [0.1, 0.15) is 5.75 Å². The summed E-state index contributed by atoms with van der Waals surface area (Å²) in [6.07, 6.45) is 1.77. The third-order valence-electron chi connectivity index (χ3n) is 8.70. The van der Waals surface area contributed by atoms with Crippen molar-refractivity contribution in [3.05, 3.63) is 40.9 Å². The number of aliphatic hydroxyl groups excluding tert-OH is 1. The maximum absolute atomic E-state index is 13.1. The van der Waals surface area contributed by atoms with Crippen LogP contribution < -0.4 is 5.32 Å². The average Bonchev–Trinajstić information content (AvgIpc) is 3.26. The number of nitrogens with one attached hydrogen (secondary N) is 1. The lowest BCUT2D eigenvalue weighted by atomic mass is 9.53. The number of sulfone groups is 1. The monoisotopic (exact) mass is 561 g/mol. The average molecular weight is 562 g/mol. The maximum Gasteiger partial charge on any atom is 0.241 e. The lowest BCUT2D eigenvalue weighted by Gasteiger charge is -2.53. The Bertz CT molecular complexity index is 1270. The second-order valence-electron chi connectivity index (χ2n) is 11.1. The Morgan fingerprint density at radius 1 is 1.24 bits per heavy atom. The Balaban J connectivity index is 1.51. The number of carbonyl (C=O) groups excluding carboxylic acids is 2. The van der Waals surface area contributed by atoms with E-state index in [2.05, 4.69) is 19.2 Å². The summed E-state index contributed by atoms with van der Waals surface area (Å²) in [5.74, 6) is -1.70. The zero-order valence-corrected chi connectivity index (χ0v) is 24.4. The predicted octanol–water partition coefficient (Wildman–Crippen LogP) is 4.11. The highest BCUT2D eigenvalue weighted by molar-refractivity contribution is 7.92. The van der Waals surface area contributed by atoms with Gasteiger partial charge >= 0.3 is 0 Å². The number of hydrogen-bond acceptors (Lipinski definition) is 7. The number of aromatic nitrogens is 1. The van der Waals surface area contributed by atoms with E-state index >= 15 is 0 Å². The van der Waals surface area contributed by atoms with Crippen LogP contribution in [0.1, 0.15) is 63.9 Å². The van der Waals surface area contributed by atoms with E-state index < -0.39 is 27.6 Å². The van der Waals surface area contributed by atoms with Gasteiger partial charge in [-0.2, -0.15) is 0 Å². The maximum atomic E-state index is 13.1. The molecular weight excluding hydrogens is 522 g/mol. The number of aliphatic hydroxyl groups is 1. The molecule has 2 aromatic rings. The molecule has 2 aliphatic carbocycles. The van der Waals surface area contributed by atoms with E-state index in [1.807, 2.05) is 25.7 Å². The van der Waals surface area contributed by atoms with Crippen molar-refractivity contribution in [1.82, 2.24) is 9.88 Å². The van der Waals surface area contributed by atoms with E-state index in [0.717, 1.165) is 29.8 Å². The van der Waals surface area contributed by atoms with Gasteiger partial charge in [-0.1, -0.05) is 39.0 Å². The van der Waals surface area contributed by atoms with E-state index in [0.29, 0.717) is 18.2 Å².